The number of nitrogens with one attached hydrogen (secondary N) is 1. The van der Waals surface area contributed by atoms with Crippen LogP contribution in [0.2, 0.25) is 0 Å². The van der Waals surface area contributed by atoms with Crippen molar-refractivity contribution in [2.45, 2.75) is 19.9 Å². The van der Waals surface area contributed by atoms with E-state index in [0.29, 0.717) is 17.5 Å². The van der Waals surface area contributed by atoms with Crippen LogP contribution in [0.5, 0.6) is 0 Å². The van der Waals surface area contributed by atoms with E-state index in [4.69, 9.17) is 8.94 Å². The maximum Gasteiger partial charge on any atom is 0.243 e. The normalized spacial score (nSPS) is 13.0. The molecule has 0 aliphatic carbocycles. The molecule has 15 heavy (non-hydrogen) atoms. The third-order valence-corrected chi connectivity index (χ3v) is 2.31. The lowest BCUT2D eigenvalue weighted by molar-refractivity contribution is 0.346. The molecule has 5 nitrogen and oxygen atoms in total. The average molecular weight is 207 g/mol. The second-order valence-electron chi connectivity index (χ2n) is 3.40. The Morgan fingerprint density at radius 1 is 1.47 bits per heavy atom. The topological polar surface area (TPSA) is 64.1 Å². The summed E-state index contributed by atoms with van der Waals surface area (Å²) in [7, 11) is 1.84. The zero-order valence-corrected chi connectivity index (χ0v) is 8.94. The van der Waals surface area contributed by atoms with Crippen molar-refractivity contribution in [1.29, 1.82) is 0 Å². The van der Waals surface area contributed by atoms with Gasteiger partial charge in [0.15, 0.2) is 5.76 Å². The van der Waals surface area contributed by atoms with Gasteiger partial charge in [-0.3, -0.25) is 0 Å². The van der Waals surface area contributed by atoms with Crippen molar-refractivity contribution in [1.82, 2.24) is 15.5 Å². The second kappa shape index (κ2) is 3.86. The summed E-state index contributed by atoms with van der Waals surface area (Å²) in [5, 5.41) is 6.90. The summed E-state index contributed by atoms with van der Waals surface area (Å²) in [5.41, 5.74) is 1.000. The van der Waals surface area contributed by atoms with Gasteiger partial charge in [-0.1, -0.05) is 5.16 Å². The Morgan fingerprint density at radius 2 is 2.27 bits per heavy atom. The van der Waals surface area contributed by atoms with Crippen LogP contribution in [0.4, 0.5) is 0 Å². The molecule has 0 aromatic carbocycles. The molecule has 0 aliphatic rings. The lowest BCUT2D eigenvalue weighted by atomic mass is 10.3. The SMILES string of the molecule is CNC(C)c1nc(-c2occc2C)no1. The minimum Gasteiger partial charge on any atom is -0.461 e. The molecule has 0 amide bonds. The van der Waals surface area contributed by atoms with Crippen LogP contribution in [0.1, 0.15) is 24.4 Å². The fourth-order valence-corrected chi connectivity index (χ4v) is 1.23. The number of aryl methyl sites for hydroxylation is 1. The fraction of sp³-hybridized carbons (Fsp3) is 0.400. The van der Waals surface area contributed by atoms with Crippen LogP contribution in [-0.4, -0.2) is 17.2 Å². The van der Waals surface area contributed by atoms with Crippen LogP contribution in [0, 0.1) is 6.92 Å². The van der Waals surface area contributed by atoms with Gasteiger partial charge >= 0.3 is 0 Å². The first kappa shape index (κ1) is 9.92. The molecular formula is C10H13N3O2. The predicted molar refractivity (Wildman–Crippen MR) is 54.2 cm³/mol. The number of hydrogen-bond donors (Lipinski definition) is 1. The first-order chi connectivity index (χ1) is 7.22. The number of nitrogens with zero attached hydrogens (tertiary/aromatic N) is 2. The molecule has 80 valence electrons. The molecule has 1 unspecified atom stereocenters. The van der Waals surface area contributed by atoms with Gasteiger partial charge in [0.25, 0.3) is 0 Å². The van der Waals surface area contributed by atoms with Gasteiger partial charge < -0.3 is 14.3 Å². The lowest BCUT2D eigenvalue weighted by Gasteiger charge is -2.01. The molecule has 2 heterocycles. The van der Waals surface area contributed by atoms with E-state index < -0.39 is 0 Å². The molecule has 1 atom stereocenters. The fourth-order valence-electron chi connectivity index (χ4n) is 1.23. The van der Waals surface area contributed by atoms with Crippen LogP contribution < -0.4 is 5.32 Å². The highest BCUT2D eigenvalue weighted by Crippen LogP contribution is 2.22. The zero-order valence-electron chi connectivity index (χ0n) is 8.94. The van der Waals surface area contributed by atoms with Crippen LogP contribution in [0.15, 0.2) is 21.3 Å². The smallest absolute Gasteiger partial charge is 0.243 e. The van der Waals surface area contributed by atoms with Crippen LogP contribution in [0.25, 0.3) is 11.6 Å². The van der Waals surface area contributed by atoms with Crippen molar-refractivity contribution < 1.29 is 8.94 Å². The Hall–Kier alpha value is -1.62. The second-order valence-corrected chi connectivity index (χ2v) is 3.40. The molecule has 2 rings (SSSR count). The molecule has 0 fully saturated rings. The van der Waals surface area contributed by atoms with Crippen molar-refractivity contribution >= 4 is 0 Å². The highest BCUT2D eigenvalue weighted by atomic mass is 16.5. The van der Waals surface area contributed by atoms with E-state index in [1.165, 1.54) is 0 Å². The molecule has 0 spiro atoms. The molecule has 0 saturated carbocycles. The molecule has 0 bridgehead atoms. The minimum absolute atomic E-state index is 0.0431. The van der Waals surface area contributed by atoms with Crippen LogP contribution in [0.3, 0.4) is 0 Å². The molecular weight excluding hydrogens is 194 g/mol. The Kier molecular flexibility index (Phi) is 2.55. The first-order valence-electron chi connectivity index (χ1n) is 4.77. The van der Waals surface area contributed by atoms with E-state index in [-0.39, 0.29) is 6.04 Å². The maximum atomic E-state index is 5.27. The lowest BCUT2D eigenvalue weighted by Crippen LogP contribution is -2.12. The van der Waals surface area contributed by atoms with E-state index in [1.54, 1.807) is 6.26 Å². The van der Waals surface area contributed by atoms with Gasteiger partial charge in [-0.05, 0) is 32.5 Å². The quantitative estimate of drug-likeness (QED) is 0.832. The molecule has 1 N–H and O–H groups in total. The molecule has 0 saturated heterocycles. The van der Waals surface area contributed by atoms with Gasteiger partial charge in [0.2, 0.25) is 11.7 Å². The Morgan fingerprint density at radius 3 is 2.87 bits per heavy atom. The van der Waals surface area contributed by atoms with Gasteiger partial charge in [-0.15, -0.1) is 0 Å². The standard InChI is InChI=1S/C10H13N3O2/c1-6-4-5-14-8(6)9-12-10(15-13-9)7(2)11-3/h4-5,7,11H,1-3H3. The third kappa shape index (κ3) is 1.78. The van der Waals surface area contributed by atoms with Gasteiger partial charge in [0.05, 0.1) is 12.3 Å². The molecule has 0 aliphatic heterocycles. The van der Waals surface area contributed by atoms with Crippen molar-refractivity contribution in [3.8, 4) is 11.6 Å². The average Bonchev–Trinajstić information content (AvgIpc) is 2.84. The number of aromatic nitrogens is 2. The summed E-state index contributed by atoms with van der Waals surface area (Å²) >= 11 is 0. The Labute approximate surface area is 87.5 Å². The highest BCUT2D eigenvalue weighted by Gasteiger charge is 2.16. The first-order valence-corrected chi connectivity index (χ1v) is 4.77. The van der Waals surface area contributed by atoms with Gasteiger partial charge in [-0.2, -0.15) is 4.98 Å². The monoisotopic (exact) mass is 207 g/mol. The number of hydrogen-bond acceptors (Lipinski definition) is 5. The third-order valence-electron chi connectivity index (χ3n) is 2.31. The van der Waals surface area contributed by atoms with E-state index >= 15 is 0 Å². The van der Waals surface area contributed by atoms with Crippen molar-refractivity contribution in [2.75, 3.05) is 7.05 Å². The molecule has 2 aromatic rings. The van der Waals surface area contributed by atoms with E-state index in [1.807, 2.05) is 27.0 Å². The Balaban J connectivity index is 2.32. The summed E-state index contributed by atoms with van der Waals surface area (Å²) in [4.78, 5) is 4.25. The highest BCUT2D eigenvalue weighted by molar-refractivity contribution is 5.50. The van der Waals surface area contributed by atoms with Crippen LogP contribution >= 0.6 is 0 Å². The summed E-state index contributed by atoms with van der Waals surface area (Å²) in [6.45, 7) is 3.89. The summed E-state index contributed by atoms with van der Waals surface area (Å²) in [5.74, 6) is 1.71. The summed E-state index contributed by atoms with van der Waals surface area (Å²) < 4.78 is 10.4. The zero-order chi connectivity index (χ0) is 10.8. The summed E-state index contributed by atoms with van der Waals surface area (Å²) in [6.07, 6.45) is 1.61. The molecule has 2 aromatic heterocycles. The molecule has 0 radical (unpaired) electrons. The number of rotatable bonds is 3. The summed E-state index contributed by atoms with van der Waals surface area (Å²) in [6, 6.07) is 1.91. The van der Waals surface area contributed by atoms with Gasteiger partial charge in [-0.25, -0.2) is 0 Å². The van der Waals surface area contributed by atoms with E-state index in [0.717, 1.165) is 5.56 Å². The Bertz CT molecular complexity index is 447. The number of furan rings is 1. The van der Waals surface area contributed by atoms with Crippen molar-refractivity contribution in [2.24, 2.45) is 0 Å². The van der Waals surface area contributed by atoms with E-state index in [2.05, 4.69) is 15.5 Å². The van der Waals surface area contributed by atoms with Crippen molar-refractivity contribution in [3.63, 3.8) is 0 Å². The maximum absolute atomic E-state index is 5.27. The van der Waals surface area contributed by atoms with Crippen molar-refractivity contribution in [3.05, 3.63) is 23.8 Å². The van der Waals surface area contributed by atoms with Crippen LogP contribution in [-0.2, 0) is 0 Å². The predicted octanol–water partition coefficient (Wildman–Crippen LogP) is 1.92. The van der Waals surface area contributed by atoms with Gasteiger partial charge in [0.1, 0.15) is 0 Å². The minimum atomic E-state index is 0.0431. The molecule has 5 heteroatoms. The largest absolute Gasteiger partial charge is 0.461 e. The van der Waals surface area contributed by atoms with Gasteiger partial charge in [0, 0.05) is 0 Å². The van der Waals surface area contributed by atoms with E-state index in [9.17, 15) is 0 Å².